The molecular weight excluding hydrogens is 329 g/mol. The van der Waals surface area contributed by atoms with E-state index < -0.39 is 0 Å². The lowest BCUT2D eigenvalue weighted by Crippen LogP contribution is -2.49. The largest absolute Gasteiger partial charge is 0.408 e. The van der Waals surface area contributed by atoms with Crippen LogP contribution in [0.5, 0.6) is 0 Å². The van der Waals surface area contributed by atoms with Crippen LogP contribution in [0.15, 0.2) is 60.7 Å². The summed E-state index contributed by atoms with van der Waals surface area (Å²) in [6, 6.07) is 21.8. The van der Waals surface area contributed by atoms with Gasteiger partial charge in [0, 0.05) is 35.0 Å². The van der Waals surface area contributed by atoms with E-state index in [-0.39, 0.29) is 6.98 Å². The lowest BCUT2D eigenvalue weighted by molar-refractivity contribution is 0.746. The zero-order valence-electron chi connectivity index (χ0n) is 15.9. The van der Waals surface area contributed by atoms with Gasteiger partial charge in [-0.2, -0.15) is 0 Å². The highest BCUT2D eigenvalue weighted by molar-refractivity contribution is 6.82. The fourth-order valence-corrected chi connectivity index (χ4v) is 4.52. The van der Waals surface area contributed by atoms with E-state index in [0.717, 1.165) is 6.42 Å². The third kappa shape index (κ3) is 2.51. The normalized spacial score (nSPS) is 13.0. The lowest BCUT2D eigenvalue weighted by Gasteiger charge is -2.27. The van der Waals surface area contributed by atoms with Gasteiger partial charge < -0.3 is 15.0 Å². The Kier molecular flexibility index (Phi) is 3.85. The predicted octanol–water partition coefficient (Wildman–Crippen LogP) is 4.91. The second kappa shape index (κ2) is 6.38. The van der Waals surface area contributed by atoms with Gasteiger partial charge >= 0.3 is 6.98 Å². The number of benzene rings is 3. The quantitative estimate of drug-likeness (QED) is 0.511. The average molecular weight is 353 g/mol. The molecule has 1 aromatic heterocycles. The molecule has 1 aliphatic rings. The maximum atomic E-state index is 3.78. The van der Waals surface area contributed by atoms with Crippen molar-refractivity contribution in [3.63, 3.8) is 0 Å². The highest BCUT2D eigenvalue weighted by Crippen LogP contribution is 2.34. The first-order valence-electron chi connectivity index (χ1n) is 9.89. The molecule has 0 unspecified atom stereocenters. The highest BCUT2D eigenvalue weighted by atomic mass is 15.0. The number of rotatable bonds is 4. The molecule has 0 atom stereocenters. The Labute approximate surface area is 160 Å². The molecule has 2 N–H and O–H groups in total. The van der Waals surface area contributed by atoms with Crippen molar-refractivity contribution in [3.05, 3.63) is 66.4 Å². The van der Waals surface area contributed by atoms with E-state index in [2.05, 4.69) is 89.7 Å². The number of aryl methyl sites for hydroxylation is 1. The van der Waals surface area contributed by atoms with Crippen molar-refractivity contribution in [2.24, 2.45) is 7.05 Å². The summed E-state index contributed by atoms with van der Waals surface area (Å²) in [5.41, 5.74) is 6.53. The molecule has 0 saturated carbocycles. The SMILES string of the molecule is CCCCc1c(B2Nc3cccc4cccc(c34)N2)c2ccccc2n1C. The number of para-hydroxylation sites is 1. The van der Waals surface area contributed by atoms with Gasteiger partial charge in [0.1, 0.15) is 0 Å². The number of hydrogen-bond donors (Lipinski definition) is 2. The molecule has 2 heterocycles. The molecule has 3 aromatic carbocycles. The van der Waals surface area contributed by atoms with Crippen LogP contribution >= 0.6 is 0 Å². The summed E-state index contributed by atoms with van der Waals surface area (Å²) in [7, 11) is 2.20. The molecule has 4 aromatic rings. The van der Waals surface area contributed by atoms with Gasteiger partial charge in [0.25, 0.3) is 0 Å². The third-order valence-corrected chi connectivity index (χ3v) is 5.83. The summed E-state index contributed by atoms with van der Waals surface area (Å²) < 4.78 is 2.38. The van der Waals surface area contributed by atoms with Crippen LogP contribution in [0.1, 0.15) is 25.5 Å². The third-order valence-electron chi connectivity index (χ3n) is 5.83. The summed E-state index contributed by atoms with van der Waals surface area (Å²) in [6.45, 7) is 2.33. The number of nitrogens with one attached hydrogen (secondary N) is 2. The van der Waals surface area contributed by atoms with E-state index in [1.54, 1.807) is 0 Å². The smallest absolute Gasteiger partial charge is 0.405 e. The summed E-state index contributed by atoms with van der Waals surface area (Å²) in [5, 5.41) is 11.4. The molecule has 0 bridgehead atoms. The summed E-state index contributed by atoms with van der Waals surface area (Å²) >= 11 is 0. The maximum absolute atomic E-state index is 3.78. The van der Waals surface area contributed by atoms with Gasteiger partial charge in [0.15, 0.2) is 0 Å². The molecule has 27 heavy (non-hydrogen) atoms. The van der Waals surface area contributed by atoms with Gasteiger partial charge in [-0.05, 0) is 47.3 Å². The Morgan fingerprint density at radius 2 is 1.59 bits per heavy atom. The second-order valence-corrected chi connectivity index (χ2v) is 7.47. The summed E-state index contributed by atoms with van der Waals surface area (Å²) in [6.07, 6.45) is 3.51. The van der Waals surface area contributed by atoms with Crippen molar-refractivity contribution in [1.29, 1.82) is 0 Å². The van der Waals surface area contributed by atoms with E-state index in [1.165, 1.54) is 57.0 Å². The summed E-state index contributed by atoms with van der Waals surface area (Å²) in [4.78, 5) is 0. The zero-order chi connectivity index (χ0) is 18.4. The van der Waals surface area contributed by atoms with Crippen molar-refractivity contribution in [1.82, 2.24) is 4.57 Å². The highest BCUT2D eigenvalue weighted by Gasteiger charge is 2.31. The van der Waals surface area contributed by atoms with E-state index in [0.29, 0.717) is 0 Å². The number of fused-ring (bicyclic) bond motifs is 1. The molecule has 4 heteroatoms. The van der Waals surface area contributed by atoms with Crippen LogP contribution in [0.2, 0.25) is 0 Å². The van der Waals surface area contributed by atoms with Crippen LogP contribution in [-0.4, -0.2) is 11.5 Å². The van der Waals surface area contributed by atoms with Crippen LogP contribution in [-0.2, 0) is 13.5 Å². The summed E-state index contributed by atoms with van der Waals surface area (Å²) in [5.74, 6) is 0. The van der Waals surface area contributed by atoms with Crippen molar-refractivity contribution < 1.29 is 0 Å². The van der Waals surface area contributed by atoms with Gasteiger partial charge in [0.05, 0.1) is 0 Å². The molecule has 0 fully saturated rings. The van der Waals surface area contributed by atoms with Gasteiger partial charge in [-0.3, -0.25) is 0 Å². The minimum Gasteiger partial charge on any atom is -0.405 e. The van der Waals surface area contributed by atoms with Crippen LogP contribution in [0, 0.1) is 0 Å². The van der Waals surface area contributed by atoms with Gasteiger partial charge in [-0.1, -0.05) is 55.8 Å². The van der Waals surface area contributed by atoms with Gasteiger partial charge in [-0.15, -0.1) is 0 Å². The van der Waals surface area contributed by atoms with Crippen LogP contribution in [0.4, 0.5) is 11.4 Å². The fraction of sp³-hybridized carbons (Fsp3) is 0.217. The maximum Gasteiger partial charge on any atom is 0.408 e. The molecule has 0 amide bonds. The molecule has 134 valence electrons. The zero-order valence-corrected chi connectivity index (χ0v) is 15.9. The average Bonchev–Trinajstić information content (AvgIpc) is 2.99. The van der Waals surface area contributed by atoms with Gasteiger partial charge in [-0.25, -0.2) is 0 Å². The Balaban J connectivity index is 1.68. The molecule has 5 rings (SSSR count). The van der Waals surface area contributed by atoms with Crippen LogP contribution in [0.25, 0.3) is 21.7 Å². The van der Waals surface area contributed by atoms with E-state index in [4.69, 9.17) is 0 Å². The lowest BCUT2D eigenvalue weighted by atomic mass is 9.64. The van der Waals surface area contributed by atoms with E-state index in [1.807, 2.05) is 0 Å². The minimum absolute atomic E-state index is 0.0726. The first kappa shape index (κ1) is 16.3. The van der Waals surface area contributed by atoms with Crippen LogP contribution in [0.3, 0.4) is 0 Å². The predicted molar refractivity (Wildman–Crippen MR) is 118 cm³/mol. The molecular formula is C23H24BN3. The Morgan fingerprint density at radius 3 is 2.30 bits per heavy atom. The van der Waals surface area contributed by atoms with Crippen LogP contribution < -0.4 is 15.9 Å². The fourth-order valence-electron chi connectivity index (χ4n) is 4.52. The van der Waals surface area contributed by atoms with Gasteiger partial charge in [0.2, 0.25) is 0 Å². The molecule has 0 radical (unpaired) electrons. The van der Waals surface area contributed by atoms with Crippen molar-refractivity contribution in [3.8, 4) is 0 Å². The Bertz CT molecular complexity index is 1100. The molecule has 0 aliphatic carbocycles. The number of unbranched alkanes of at least 4 members (excludes halogenated alkanes) is 1. The standard InChI is InChI=1S/C23H24BN3/c1-3-4-14-21-23(17-11-5-6-15-20(17)27(21)2)24-25-18-12-7-9-16-10-8-13-19(26-24)22(16)18/h5-13,15,25-26H,3-4,14H2,1-2H3. The second-order valence-electron chi connectivity index (χ2n) is 7.47. The number of anilines is 2. The molecule has 3 nitrogen and oxygen atoms in total. The monoisotopic (exact) mass is 353 g/mol. The molecule has 1 aliphatic heterocycles. The van der Waals surface area contributed by atoms with Crippen molar-refractivity contribution >= 4 is 45.5 Å². The Hall–Kier alpha value is -2.88. The topological polar surface area (TPSA) is 29.0 Å². The number of hydrogen-bond acceptors (Lipinski definition) is 2. The minimum atomic E-state index is 0.0726. The van der Waals surface area contributed by atoms with E-state index >= 15 is 0 Å². The first-order chi connectivity index (χ1) is 13.3. The molecule has 0 spiro atoms. The number of aromatic nitrogens is 1. The van der Waals surface area contributed by atoms with E-state index in [9.17, 15) is 0 Å². The van der Waals surface area contributed by atoms with Crippen molar-refractivity contribution in [2.75, 3.05) is 10.5 Å². The molecule has 0 saturated heterocycles. The Morgan fingerprint density at radius 1 is 0.889 bits per heavy atom. The first-order valence-corrected chi connectivity index (χ1v) is 9.89. The van der Waals surface area contributed by atoms with Crippen molar-refractivity contribution in [2.45, 2.75) is 26.2 Å². The number of nitrogens with zero attached hydrogens (tertiary/aromatic N) is 1.